The van der Waals surface area contributed by atoms with Gasteiger partial charge in [-0.05, 0) is 51.6 Å². The molecule has 1 aliphatic carbocycles. The van der Waals surface area contributed by atoms with E-state index in [1.807, 2.05) is 0 Å². The number of hydrogen-bond acceptors (Lipinski definition) is 2. The van der Waals surface area contributed by atoms with Gasteiger partial charge in [0.1, 0.15) is 0 Å². The molecule has 4 atom stereocenters. The molecule has 2 nitrogen and oxygen atoms in total. The van der Waals surface area contributed by atoms with E-state index in [4.69, 9.17) is 0 Å². The van der Waals surface area contributed by atoms with Crippen LogP contribution in [0.1, 0.15) is 46.0 Å². The van der Waals surface area contributed by atoms with Crippen molar-refractivity contribution in [2.24, 2.45) is 11.8 Å². The van der Waals surface area contributed by atoms with Crippen LogP contribution in [-0.2, 0) is 0 Å². The summed E-state index contributed by atoms with van der Waals surface area (Å²) in [5.41, 5.74) is 0. The number of nitrogens with zero attached hydrogens (tertiary/aromatic N) is 1. The van der Waals surface area contributed by atoms with Crippen molar-refractivity contribution in [1.29, 1.82) is 0 Å². The molecule has 1 N–H and O–H groups in total. The summed E-state index contributed by atoms with van der Waals surface area (Å²) in [5.74, 6) is 1.95. The molecule has 0 amide bonds. The van der Waals surface area contributed by atoms with Gasteiger partial charge in [-0.15, -0.1) is 0 Å². The van der Waals surface area contributed by atoms with Crippen LogP contribution in [0.2, 0.25) is 0 Å². The summed E-state index contributed by atoms with van der Waals surface area (Å²) in [6.07, 6.45) is 7.07. The fourth-order valence-electron chi connectivity index (χ4n) is 3.55. The first-order valence-electron chi connectivity index (χ1n) is 7.12. The molecule has 0 bridgehead atoms. The third-order valence-corrected chi connectivity index (χ3v) is 4.93. The lowest BCUT2D eigenvalue weighted by molar-refractivity contribution is 0.110. The Labute approximate surface area is 101 Å². The van der Waals surface area contributed by atoms with Crippen LogP contribution >= 0.6 is 0 Å². The predicted molar refractivity (Wildman–Crippen MR) is 69.6 cm³/mol. The molecule has 1 saturated carbocycles. The predicted octanol–water partition coefficient (Wildman–Crippen LogP) is 2.49. The van der Waals surface area contributed by atoms with Gasteiger partial charge in [0.15, 0.2) is 0 Å². The van der Waals surface area contributed by atoms with Crippen molar-refractivity contribution in [2.75, 3.05) is 20.1 Å². The largest absolute Gasteiger partial charge is 0.317 e. The SMILES string of the molecule is CNC1CCN(CC2CCCC2C)C(C)C1. The Balaban J connectivity index is 1.81. The maximum Gasteiger partial charge on any atom is 0.00910 e. The maximum absolute atomic E-state index is 3.43. The molecule has 1 saturated heterocycles. The van der Waals surface area contributed by atoms with Crippen molar-refractivity contribution in [3.63, 3.8) is 0 Å². The van der Waals surface area contributed by atoms with E-state index < -0.39 is 0 Å². The van der Waals surface area contributed by atoms with Gasteiger partial charge in [0.2, 0.25) is 0 Å². The second kappa shape index (κ2) is 5.50. The molecular formula is C14H28N2. The molecule has 0 aromatic heterocycles. The summed E-state index contributed by atoms with van der Waals surface area (Å²) in [5, 5.41) is 3.43. The number of rotatable bonds is 3. The van der Waals surface area contributed by atoms with Crippen LogP contribution in [-0.4, -0.2) is 37.1 Å². The zero-order valence-corrected chi connectivity index (χ0v) is 11.2. The molecule has 0 aromatic carbocycles. The van der Waals surface area contributed by atoms with Gasteiger partial charge in [0.25, 0.3) is 0 Å². The summed E-state index contributed by atoms with van der Waals surface area (Å²) in [7, 11) is 2.10. The van der Waals surface area contributed by atoms with Gasteiger partial charge in [-0.3, -0.25) is 0 Å². The van der Waals surface area contributed by atoms with E-state index >= 15 is 0 Å². The molecule has 0 spiro atoms. The standard InChI is InChI=1S/C14H28N2/c1-11-5-4-6-13(11)10-16-8-7-14(15-3)9-12(16)2/h11-15H,4-10H2,1-3H3. The second-order valence-corrected chi connectivity index (χ2v) is 6.02. The van der Waals surface area contributed by atoms with Gasteiger partial charge < -0.3 is 10.2 Å². The first-order valence-corrected chi connectivity index (χ1v) is 7.12. The summed E-state index contributed by atoms with van der Waals surface area (Å²) in [6.45, 7) is 7.51. The van der Waals surface area contributed by atoms with E-state index in [1.165, 1.54) is 45.2 Å². The molecule has 2 rings (SSSR count). The summed E-state index contributed by atoms with van der Waals surface area (Å²) in [4.78, 5) is 2.74. The lowest BCUT2D eigenvalue weighted by Gasteiger charge is -2.39. The van der Waals surface area contributed by atoms with E-state index in [-0.39, 0.29) is 0 Å². The Morgan fingerprint density at radius 1 is 1.19 bits per heavy atom. The van der Waals surface area contributed by atoms with Crippen LogP contribution < -0.4 is 5.32 Å². The van der Waals surface area contributed by atoms with Gasteiger partial charge >= 0.3 is 0 Å². The van der Waals surface area contributed by atoms with Crippen molar-refractivity contribution >= 4 is 0 Å². The van der Waals surface area contributed by atoms with Crippen LogP contribution in [0.4, 0.5) is 0 Å². The van der Waals surface area contributed by atoms with Crippen LogP contribution in [0.15, 0.2) is 0 Å². The Morgan fingerprint density at radius 3 is 2.56 bits per heavy atom. The van der Waals surface area contributed by atoms with E-state index in [0.29, 0.717) is 0 Å². The molecule has 0 radical (unpaired) electrons. The van der Waals surface area contributed by atoms with Gasteiger partial charge in [-0.2, -0.15) is 0 Å². The monoisotopic (exact) mass is 224 g/mol. The summed E-state index contributed by atoms with van der Waals surface area (Å²) in [6, 6.07) is 1.53. The molecule has 1 heterocycles. The normalized spacial score (nSPS) is 41.4. The fourth-order valence-corrected chi connectivity index (χ4v) is 3.55. The Hall–Kier alpha value is -0.0800. The van der Waals surface area contributed by atoms with Crippen LogP contribution in [0.25, 0.3) is 0 Å². The molecule has 0 aromatic rings. The van der Waals surface area contributed by atoms with E-state index in [1.54, 1.807) is 0 Å². The minimum Gasteiger partial charge on any atom is -0.317 e. The minimum atomic E-state index is 0.757. The van der Waals surface area contributed by atoms with Crippen LogP contribution in [0, 0.1) is 11.8 Å². The van der Waals surface area contributed by atoms with Gasteiger partial charge in [-0.1, -0.05) is 19.8 Å². The molecular weight excluding hydrogens is 196 g/mol. The number of likely N-dealkylation sites (tertiary alicyclic amines) is 1. The van der Waals surface area contributed by atoms with Crippen molar-refractivity contribution in [2.45, 2.75) is 58.0 Å². The van der Waals surface area contributed by atoms with Gasteiger partial charge in [0, 0.05) is 18.6 Å². The van der Waals surface area contributed by atoms with Crippen molar-refractivity contribution < 1.29 is 0 Å². The molecule has 2 heteroatoms. The smallest absolute Gasteiger partial charge is 0.00910 e. The molecule has 4 unspecified atom stereocenters. The Morgan fingerprint density at radius 2 is 2.00 bits per heavy atom. The average molecular weight is 224 g/mol. The number of nitrogens with one attached hydrogen (secondary N) is 1. The Kier molecular flexibility index (Phi) is 4.26. The highest BCUT2D eigenvalue weighted by Gasteiger charge is 2.30. The van der Waals surface area contributed by atoms with Gasteiger partial charge in [-0.25, -0.2) is 0 Å². The highest BCUT2D eigenvalue weighted by atomic mass is 15.2. The molecule has 1 aliphatic heterocycles. The lowest BCUT2D eigenvalue weighted by atomic mass is 9.93. The molecule has 2 aliphatic rings. The van der Waals surface area contributed by atoms with Crippen molar-refractivity contribution in [3.05, 3.63) is 0 Å². The first-order chi connectivity index (χ1) is 7.70. The van der Waals surface area contributed by atoms with Gasteiger partial charge in [0.05, 0.1) is 0 Å². The number of hydrogen-bond donors (Lipinski definition) is 1. The highest BCUT2D eigenvalue weighted by molar-refractivity contribution is 4.85. The molecule has 94 valence electrons. The third-order valence-electron chi connectivity index (χ3n) is 4.93. The maximum atomic E-state index is 3.43. The summed E-state index contributed by atoms with van der Waals surface area (Å²) >= 11 is 0. The third kappa shape index (κ3) is 2.78. The quantitative estimate of drug-likeness (QED) is 0.792. The first kappa shape index (κ1) is 12.4. The fraction of sp³-hybridized carbons (Fsp3) is 1.00. The van der Waals surface area contributed by atoms with Crippen molar-refractivity contribution in [3.8, 4) is 0 Å². The highest BCUT2D eigenvalue weighted by Crippen LogP contribution is 2.33. The zero-order valence-electron chi connectivity index (χ0n) is 11.2. The Bertz CT molecular complexity index is 217. The topological polar surface area (TPSA) is 15.3 Å². The minimum absolute atomic E-state index is 0.757. The van der Waals surface area contributed by atoms with E-state index in [2.05, 4.69) is 31.1 Å². The summed E-state index contributed by atoms with van der Waals surface area (Å²) < 4.78 is 0. The van der Waals surface area contributed by atoms with Crippen molar-refractivity contribution in [1.82, 2.24) is 10.2 Å². The molecule has 16 heavy (non-hydrogen) atoms. The zero-order chi connectivity index (χ0) is 11.5. The van der Waals surface area contributed by atoms with Crippen LogP contribution in [0.5, 0.6) is 0 Å². The van der Waals surface area contributed by atoms with E-state index in [9.17, 15) is 0 Å². The van der Waals surface area contributed by atoms with Crippen LogP contribution in [0.3, 0.4) is 0 Å². The lowest BCUT2D eigenvalue weighted by Crippen LogP contribution is -2.48. The van der Waals surface area contributed by atoms with E-state index in [0.717, 1.165) is 23.9 Å². The average Bonchev–Trinajstić information content (AvgIpc) is 2.67. The second-order valence-electron chi connectivity index (χ2n) is 6.02. The number of piperidine rings is 1. The molecule has 2 fully saturated rings.